The van der Waals surface area contributed by atoms with Gasteiger partial charge in [-0.15, -0.1) is 0 Å². The van der Waals surface area contributed by atoms with Crippen molar-refractivity contribution in [2.45, 2.75) is 37.8 Å². The van der Waals surface area contributed by atoms with Crippen LogP contribution in [-0.4, -0.2) is 57.5 Å². The number of hydrogen-bond acceptors (Lipinski definition) is 4. The van der Waals surface area contributed by atoms with Crippen LogP contribution in [0.4, 0.5) is 0 Å². The van der Waals surface area contributed by atoms with E-state index in [0.29, 0.717) is 11.8 Å². The van der Waals surface area contributed by atoms with Crippen LogP contribution in [-0.2, 0) is 0 Å². The van der Waals surface area contributed by atoms with E-state index in [1.807, 2.05) is 64.1 Å². The number of aromatic amines is 1. The van der Waals surface area contributed by atoms with Crippen LogP contribution in [0.5, 0.6) is 0 Å². The largest absolute Gasteiger partial charge is 0.451 e. The molecule has 170 valence electrons. The minimum atomic E-state index is -0.0120. The number of H-pyrrole nitrogens is 1. The molecule has 2 saturated heterocycles. The van der Waals surface area contributed by atoms with Crippen molar-refractivity contribution in [2.24, 2.45) is 0 Å². The number of hydrogen-bond donors (Lipinski definition) is 1. The van der Waals surface area contributed by atoms with Crippen LogP contribution in [0.1, 0.15) is 42.3 Å². The van der Waals surface area contributed by atoms with Gasteiger partial charge in [0.15, 0.2) is 5.76 Å². The quantitative estimate of drug-likeness (QED) is 0.518. The molecule has 0 saturated carbocycles. The second kappa shape index (κ2) is 8.23. The van der Waals surface area contributed by atoms with E-state index in [1.165, 1.54) is 0 Å². The number of fused-ring (bicyclic) bond motifs is 2. The summed E-state index contributed by atoms with van der Waals surface area (Å²) in [6, 6.07) is 18.2. The van der Waals surface area contributed by atoms with Crippen molar-refractivity contribution in [3.63, 3.8) is 0 Å². The van der Waals surface area contributed by atoms with Gasteiger partial charge < -0.3 is 19.2 Å². The third kappa shape index (κ3) is 3.66. The number of benzene rings is 2. The number of likely N-dealkylation sites (tertiary alicyclic amines) is 2. The first-order chi connectivity index (χ1) is 16.2. The van der Waals surface area contributed by atoms with E-state index < -0.39 is 0 Å². The van der Waals surface area contributed by atoms with Crippen LogP contribution >= 0.6 is 0 Å². The Labute approximate surface area is 191 Å². The van der Waals surface area contributed by atoms with Gasteiger partial charge in [0.2, 0.25) is 0 Å². The molecule has 0 atom stereocenters. The predicted octanol–water partition coefficient (Wildman–Crippen LogP) is 4.02. The molecule has 4 heterocycles. The van der Waals surface area contributed by atoms with E-state index >= 15 is 0 Å². The summed E-state index contributed by atoms with van der Waals surface area (Å²) in [4.78, 5) is 33.0. The Bertz CT molecular complexity index is 1320. The molecule has 1 N–H and O–H groups in total. The third-order valence-electron chi connectivity index (χ3n) is 7.39. The van der Waals surface area contributed by atoms with Crippen LogP contribution in [0.25, 0.3) is 22.0 Å². The van der Waals surface area contributed by atoms with Crippen molar-refractivity contribution in [3.8, 4) is 0 Å². The molecule has 4 aromatic rings. The molecule has 7 heteroatoms. The average molecular weight is 445 g/mol. The molecule has 1 amide bonds. The van der Waals surface area contributed by atoms with Crippen molar-refractivity contribution in [1.82, 2.24) is 19.4 Å². The maximum atomic E-state index is 12.9. The fourth-order valence-corrected chi connectivity index (χ4v) is 5.62. The summed E-state index contributed by atoms with van der Waals surface area (Å²) in [5.74, 6) is 0.418. The molecule has 0 spiro atoms. The van der Waals surface area contributed by atoms with Gasteiger partial charge in [-0.25, -0.2) is 4.79 Å². The lowest BCUT2D eigenvalue weighted by atomic mass is 9.97. The number of rotatable bonds is 3. The van der Waals surface area contributed by atoms with E-state index in [9.17, 15) is 9.59 Å². The number of aromatic nitrogens is 2. The number of amides is 1. The van der Waals surface area contributed by atoms with Gasteiger partial charge in [-0.1, -0.05) is 30.3 Å². The molecule has 0 radical (unpaired) electrons. The monoisotopic (exact) mass is 444 g/mol. The smallest absolute Gasteiger partial charge is 0.326 e. The van der Waals surface area contributed by atoms with Crippen molar-refractivity contribution >= 4 is 27.9 Å². The van der Waals surface area contributed by atoms with Crippen LogP contribution < -0.4 is 5.69 Å². The van der Waals surface area contributed by atoms with Gasteiger partial charge in [-0.05, 0) is 49.9 Å². The Balaban J connectivity index is 1.07. The summed E-state index contributed by atoms with van der Waals surface area (Å²) in [5.41, 5.74) is 2.66. The Morgan fingerprint density at radius 2 is 1.58 bits per heavy atom. The minimum Gasteiger partial charge on any atom is -0.451 e. The third-order valence-corrected chi connectivity index (χ3v) is 7.39. The SMILES string of the molecule is O=C(c1cc2ccccc2o1)N1CCC(N2CCC(n3c(=O)[nH]c4ccccc43)CC2)CC1. The van der Waals surface area contributed by atoms with Gasteiger partial charge in [0.25, 0.3) is 5.91 Å². The van der Waals surface area contributed by atoms with E-state index in [2.05, 4.69) is 9.88 Å². The lowest BCUT2D eigenvalue weighted by molar-refractivity contribution is 0.0534. The van der Waals surface area contributed by atoms with Gasteiger partial charge in [-0.2, -0.15) is 0 Å². The lowest BCUT2D eigenvalue weighted by Gasteiger charge is -2.41. The molecule has 0 aliphatic carbocycles. The van der Waals surface area contributed by atoms with Crippen molar-refractivity contribution < 1.29 is 9.21 Å². The Hall–Kier alpha value is -3.32. The molecule has 2 aromatic heterocycles. The van der Waals surface area contributed by atoms with E-state index in [4.69, 9.17) is 4.42 Å². The molecule has 33 heavy (non-hydrogen) atoms. The number of nitrogens with zero attached hydrogens (tertiary/aromatic N) is 3. The Morgan fingerprint density at radius 3 is 2.36 bits per heavy atom. The van der Waals surface area contributed by atoms with Gasteiger partial charge in [0, 0.05) is 43.6 Å². The maximum Gasteiger partial charge on any atom is 0.326 e. The topological polar surface area (TPSA) is 74.5 Å². The lowest BCUT2D eigenvalue weighted by Crippen LogP contribution is -2.49. The zero-order valence-corrected chi connectivity index (χ0v) is 18.6. The first-order valence-corrected chi connectivity index (χ1v) is 11.9. The molecule has 0 unspecified atom stereocenters. The van der Waals surface area contributed by atoms with Crippen LogP contribution in [0.3, 0.4) is 0 Å². The molecular formula is C26H28N4O3. The summed E-state index contributed by atoms with van der Waals surface area (Å²) < 4.78 is 7.73. The van der Waals surface area contributed by atoms with E-state index in [0.717, 1.165) is 73.9 Å². The highest BCUT2D eigenvalue weighted by atomic mass is 16.3. The van der Waals surface area contributed by atoms with Crippen LogP contribution in [0.15, 0.2) is 63.8 Å². The molecule has 6 rings (SSSR count). The highest BCUT2D eigenvalue weighted by Gasteiger charge is 2.32. The summed E-state index contributed by atoms with van der Waals surface area (Å²) in [7, 11) is 0. The summed E-state index contributed by atoms with van der Waals surface area (Å²) in [6.07, 6.45) is 3.90. The number of para-hydroxylation sites is 3. The maximum absolute atomic E-state index is 12.9. The number of nitrogens with one attached hydrogen (secondary N) is 1. The summed E-state index contributed by atoms with van der Waals surface area (Å²) in [6.45, 7) is 3.47. The number of carbonyl (C=O) groups excluding carboxylic acids is 1. The average Bonchev–Trinajstić information content (AvgIpc) is 3.44. The van der Waals surface area contributed by atoms with E-state index in [-0.39, 0.29) is 17.6 Å². The first kappa shape index (κ1) is 20.3. The van der Waals surface area contributed by atoms with Gasteiger partial charge in [0.1, 0.15) is 5.58 Å². The second-order valence-electron chi connectivity index (χ2n) is 9.26. The standard InChI is InChI=1S/C26H28N4O3/c31-25(24-17-18-5-1-4-8-23(18)33-24)29-15-9-19(10-16-29)28-13-11-20(12-14-28)30-22-7-3-2-6-21(22)27-26(30)32/h1-8,17,19-20H,9-16H2,(H,27,32). The second-order valence-corrected chi connectivity index (χ2v) is 9.26. The molecular weight excluding hydrogens is 416 g/mol. The normalized spacial score (nSPS) is 19.0. The molecule has 0 bridgehead atoms. The molecule has 2 fully saturated rings. The molecule has 2 aliphatic rings. The first-order valence-electron chi connectivity index (χ1n) is 11.9. The number of imidazole rings is 1. The van der Waals surface area contributed by atoms with Gasteiger partial charge in [-0.3, -0.25) is 9.36 Å². The van der Waals surface area contributed by atoms with Crippen molar-refractivity contribution in [1.29, 1.82) is 0 Å². The van der Waals surface area contributed by atoms with E-state index in [1.54, 1.807) is 0 Å². The zero-order chi connectivity index (χ0) is 22.4. The highest BCUT2D eigenvalue weighted by Crippen LogP contribution is 2.29. The highest BCUT2D eigenvalue weighted by molar-refractivity contribution is 5.96. The molecule has 7 nitrogen and oxygen atoms in total. The van der Waals surface area contributed by atoms with Crippen molar-refractivity contribution in [2.75, 3.05) is 26.2 Å². The van der Waals surface area contributed by atoms with Gasteiger partial charge >= 0.3 is 5.69 Å². The van der Waals surface area contributed by atoms with Crippen molar-refractivity contribution in [3.05, 3.63) is 70.8 Å². The number of piperidine rings is 2. The van der Waals surface area contributed by atoms with Gasteiger partial charge in [0.05, 0.1) is 11.0 Å². The number of carbonyl (C=O) groups is 1. The predicted molar refractivity (Wildman–Crippen MR) is 128 cm³/mol. The Morgan fingerprint density at radius 1 is 0.879 bits per heavy atom. The zero-order valence-electron chi connectivity index (χ0n) is 18.6. The Kier molecular flexibility index (Phi) is 5.06. The van der Waals surface area contributed by atoms with Crippen LogP contribution in [0.2, 0.25) is 0 Å². The summed E-state index contributed by atoms with van der Waals surface area (Å²) >= 11 is 0. The molecule has 2 aromatic carbocycles. The minimum absolute atomic E-state index is 0.00735. The fraction of sp³-hybridized carbons (Fsp3) is 0.385. The summed E-state index contributed by atoms with van der Waals surface area (Å²) in [5, 5.41) is 0.966. The van der Waals surface area contributed by atoms with Crippen LogP contribution in [0, 0.1) is 0 Å². The fourth-order valence-electron chi connectivity index (χ4n) is 5.62. The number of furan rings is 1. The molecule has 2 aliphatic heterocycles.